The Balaban J connectivity index is 3.21. The molecule has 0 saturated carbocycles. The van der Waals surface area contributed by atoms with Crippen molar-refractivity contribution >= 4 is 47.8 Å². The Labute approximate surface area is 91.8 Å². The first kappa shape index (κ1) is 9.75. The van der Waals surface area contributed by atoms with E-state index in [-0.39, 0.29) is 0 Å². The third-order valence-electron chi connectivity index (χ3n) is 1.33. The molecule has 59 valence electrons. The number of rotatable bonds is 1. The Morgan fingerprint density at radius 2 is 1.55 bits per heavy atom. The predicted octanol–water partition coefficient (Wildman–Crippen LogP) is 4.35. The van der Waals surface area contributed by atoms with Crippen LogP contribution < -0.4 is 0 Å². The van der Waals surface area contributed by atoms with Crippen LogP contribution in [0.3, 0.4) is 0 Å². The Morgan fingerprint density at radius 1 is 1.09 bits per heavy atom. The Kier molecular flexibility index (Phi) is 3.59. The zero-order chi connectivity index (χ0) is 8.43. The maximum absolute atomic E-state index is 3.81. The van der Waals surface area contributed by atoms with Gasteiger partial charge in [0.05, 0.1) is 0 Å². The van der Waals surface area contributed by atoms with Crippen LogP contribution in [0.5, 0.6) is 0 Å². The van der Waals surface area contributed by atoms with Gasteiger partial charge in [-0.15, -0.1) is 0 Å². The van der Waals surface area contributed by atoms with Gasteiger partial charge < -0.3 is 0 Å². The van der Waals surface area contributed by atoms with Crippen molar-refractivity contribution in [1.29, 1.82) is 0 Å². The summed E-state index contributed by atoms with van der Waals surface area (Å²) in [5.41, 5.74) is 1.21. The summed E-state index contributed by atoms with van der Waals surface area (Å²) in [6, 6.07) is 4.11. The van der Waals surface area contributed by atoms with Crippen molar-refractivity contribution in [3.63, 3.8) is 0 Å². The molecule has 0 aliphatic rings. The van der Waals surface area contributed by atoms with Gasteiger partial charge in [-0.25, -0.2) is 0 Å². The van der Waals surface area contributed by atoms with Crippen LogP contribution in [0.2, 0.25) is 0 Å². The summed E-state index contributed by atoms with van der Waals surface area (Å²) in [6.07, 6.45) is 0.810. The van der Waals surface area contributed by atoms with Gasteiger partial charge in [-0.1, -0.05) is 0 Å². The van der Waals surface area contributed by atoms with Crippen molar-refractivity contribution in [3.05, 3.63) is 38.0 Å². The van der Waals surface area contributed by atoms with E-state index in [2.05, 4.69) is 66.8 Å². The molecule has 3 heteroatoms. The molecule has 0 unspecified atom stereocenters. The fourth-order valence-electron chi connectivity index (χ4n) is 0.752. The highest BCUT2D eigenvalue weighted by atomic mass is 79.9. The second-order valence-corrected chi connectivity index (χ2v) is 4.63. The molecule has 0 bridgehead atoms. The van der Waals surface area contributed by atoms with Crippen LogP contribution in [-0.4, -0.2) is 0 Å². The van der Waals surface area contributed by atoms with Gasteiger partial charge in [0.25, 0.3) is 0 Å². The van der Waals surface area contributed by atoms with Crippen LogP contribution in [0, 0.1) is 6.92 Å². The molecular formula is C8H6Br3. The Hall–Kier alpha value is 0.660. The van der Waals surface area contributed by atoms with Gasteiger partial charge in [-0.05, 0) is 78.8 Å². The van der Waals surface area contributed by atoms with Crippen molar-refractivity contribution in [2.45, 2.75) is 6.42 Å². The normalized spacial score (nSPS) is 10.2. The van der Waals surface area contributed by atoms with E-state index in [1.54, 1.807) is 0 Å². The minimum atomic E-state index is 0.810. The molecule has 0 amide bonds. The van der Waals surface area contributed by atoms with Crippen LogP contribution in [0.25, 0.3) is 0 Å². The first-order chi connectivity index (χ1) is 5.15. The van der Waals surface area contributed by atoms with E-state index in [0.29, 0.717) is 0 Å². The highest BCUT2D eigenvalue weighted by Gasteiger charge is 2.02. The van der Waals surface area contributed by atoms with Crippen LogP contribution in [-0.2, 0) is 6.42 Å². The maximum atomic E-state index is 3.81. The largest absolute Gasteiger partial charge is 0.0496 e. The average molecular weight is 342 g/mol. The van der Waals surface area contributed by atoms with Crippen LogP contribution in [0.15, 0.2) is 25.6 Å². The molecule has 1 radical (unpaired) electrons. The molecule has 0 aromatic heterocycles. The minimum absolute atomic E-state index is 0.810. The van der Waals surface area contributed by atoms with Crippen molar-refractivity contribution in [2.75, 3.05) is 0 Å². The fourth-order valence-corrected chi connectivity index (χ4v) is 2.26. The van der Waals surface area contributed by atoms with Gasteiger partial charge in [-0.3, -0.25) is 0 Å². The van der Waals surface area contributed by atoms with Gasteiger partial charge >= 0.3 is 0 Å². The monoisotopic (exact) mass is 339 g/mol. The molecule has 0 N–H and O–H groups in total. The molecule has 0 heterocycles. The first-order valence-electron chi connectivity index (χ1n) is 3.08. The summed E-state index contributed by atoms with van der Waals surface area (Å²) in [5, 5.41) is 0. The molecule has 0 saturated heterocycles. The number of benzene rings is 1. The summed E-state index contributed by atoms with van der Waals surface area (Å²) in [5.74, 6) is 0. The van der Waals surface area contributed by atoms with E-state index in [0.717, 1.165) is 19.8 Å². The van der Waals surface area contributed by atoms with Crippen molar-refractivity contribution < 1.29 is 0 Å². The third kappa shape index (κ3) is 2.30. The Morgan fingerprint density at radius 3 is 1.91 bits per heavy atom. The summed E-state index contributed by atoms with van der Waals surface area (Å²) in [6.45, 7) is 3.81. The maximum Gasteiger partial charge on any atom is 0.0459 e. The van der Waals surface area contributed by atoms with Crippen molar-refractivity contribution in [2.24, 2.45) is 0 Å². The Bertz CT molecular complexity index is 245. The van der Waals surface area contributed by atoms with Gasteiger partial charge in [0, 0.05) is 13.4 Å². The minimum Gasteiger partial charge on any atom is -0.0496 e. The molecule has 0 aliphatic carbocycles. The lowest BCUT2D eigenvalue weighted by molar-refractivity contribution is 1.25. The van der Waals surface area contributed by atoms with E-state index in [1.165, 1.54) is 5.56 Å². The van der Waals surface area contributed by atoms with Gasteiger partial charge in [-0.2, -0.15) is 0 Å². The van der Waals surface area contributed by atoms with E-state index in [9.17, 15) is 0 Å². The molecule has 1 rings (SSSR count). The standard InChI is InChI=1S/C8H6Br3/c1-2-5-3-6(9)8(11)7(10)4-5/h3-4H,1-2H2. The van der Waals surface area contributed by atoms with Crippen LogP contribution in [0.1, 0.15) is 5.56 Å². The number of halogens is 3. The van der Waals surface area contributed by atoms with E-state index >= 15 is 0 Å². The lowest BCUT2D eigenvalue weighted by Gasteiger charge is -2.02. The van der Waals surface area contributed by atoms with Gasteiger partial charge in [0.15, 0.2) is 0 Å². The molecule has 0 aliphatic heterocycles. The first-order valence-corrected chi connectivity index (χ1v) is 5.45. The number of hydrogen-bond acceptors (Lipinski definition) is 0. The lowest BCUT2D eigenvalue weighted by Crippen LogP contribution is -1.81. The molecule has 0 nitrogen and oxygen atoms in total. The van der Waals surface area contributed by atoms with E-state index < -0.39 is 0 Å². The van der Waals surface area contributed by atoms with Gasteiger partial charge in [0.1, 0.15) is 0 Å². The van der Waals surface area contributed by atoms with Crippen molar-refractivity contribution in [1.82, 2.24) is 0 Å². The smallest absolute Gasteiger partial charge is 0.0459 e. The second kappa shape index (κ2) is 4.06. The number of hydrogen-bond donors (Lipinski definition) is 0. The predicted molar refractivity (Wildman–Crippen MR) is 58.6 cm³/mol. The SMILES string of the molecule is [CH2]Cc1cc(Br)c(Br)c(Br)c1. The second-order valence-electron chi connectivity index (χ2n) is 2.12. The molecule has 1 aromatic carbocycles. The molecule has 0 atom stereocenters. The van der Waals surface area contributed by atoms with Crippen LogP contribution in [0.4, 0.5) is 0 Å². The molecule has 0 fully saturated rings. The summed E-state index contributed by atoms with van der Waals surface area (Å²) >= 11 is 10.3. The topological polar surface area (TPSA) is 0 Å². The molecular weight excluding hydrogens is 336 g/mol. The molecule has 0 spiro atoms. The summed E-state index contributed by atoms with van der Waals surface area (Å²) in [4.78, 5) is 0. The zero-order valence-electron chi connectivity index (χ0n) is 5.70. The lowest BCUT2D eigenvalue weighted by atomic mass is 10.2. The highest BCUT2D eigenvalue weighted by molar-refractivity contribution is 9.14. The average Bonchev–Trinajstić information content (AvgIpc) is 1.99. The van der Waals surface area contributed by atoms with E-state index in [4.69, 9.17) is 0 Å². The summed E-state index contributed by atoms with van der Waals surface area (Å²) < 4.78 is 3.17. The highest BCUT2D eigenvalue weighted by Crippen LogP contribution is 2.32. The van der Waals surface area contributed by atoms with Crippen LogP contribution >= 0.6 is 47.8 Å². The molecule has 11 heavy (non-hydrogen) atoms. The third-order valence-corrected chi connectivity index (χ3v) is 4.50. The summed E-state index contributed by atoms with van der Waals surface area (Å²) in [7, 11) is 0. The zero-order valence-corrected chi connectivity index (χ0v) is 10.5. The fraction of sp³-hybridized carbons (Fsp3) is 0.125. The quantitative estimate of drug-likeness (QED) is 0.666. The van der Waals surface area contributed by atoms with E-state index in [1.807, 2.05) is 0 Å². The van der Waals surface area contributed by atoms with Crippen molar-refractivity contribution in [3.8, 4) is 0 Å². The molecule has 1 aromatic rings. The van der Waals surface area contributed by atoms with Gasteiger partial charge in [0.2, 0.25) is 0 Å².